The van der Waals surface area contributed by atoms with Gasteiger partial charge < -0.3 is 14.4 Å². The molecule has 0 N–H and O–H groups in total. The van der Waals surface area contributed by atoms with Crippen LogP contribution in [0.4, 0.5) is 5.69 Å². The molecular weight excluding hydrogens is 322 g/mol. The van der Waals surface area contributed by atoms with Gasteiger partial charge in [0, 0.05) is 17.8 Å². The van der Waals surface area contributed by atoms with Crippen molar-refractivity contribution in [3.63, 3.8) is 0 Å². The van der Waals surface area contributed by atoms with E-state index in [0.29, 0.717) is 29.7 Å². The minimum absolute atomic E-state index is 0.199. The number of esters is 2. The number of carbonyl (C=O) groups is 3. The van der Waals surface area contributed by atoms with Gasteiger partial charge in [-0.3, -0.25) is 4.79 Å². The molecule has 6 nitrogen and oxygen atoms in total. The Hall–Kier alpha value is -3.15. The van der Waals surface area contributed by atoms with Crippen LogP contribution >= 0.6 is 0 Å². The van der Waals surface area contributed by atoms with Gasteiger partial charge in [-0.1, -0.05) is 6.07 Å². The van der Waals surface area contributed by atoms with Crippen LogP contribution in [0.5, 0.6) is 0 Å². The molecule has 1 aliphatic heterocycles. The minimum atomic E-state index is -0.487. The standard InChI is InChI=1S/C19H17NO5/c1-24-18(22)14-5-3-4-13(11-14)17(21)20-9-8-12-10-15(19(23)25-2)6-7-16(12)20/h3-7,10-11H,8-9H2,1-2H3. The van der Waals surface area contributed by atoms with E-state index in [-0.39, 0.29) is 5.91 Å². The molecule has 25 heavy (non-hydrogen) atoms. The zero-order valence-electron chi connectivity index (χ0n) is 13.9. The molecule has 0 bridgehead atoms. The fourth-order valence-electron chi connectivity index (χ4n) is 2.91. The third-order valence-corrected chi connectivity index (χ3v) is 4.17. The second-order valence-electron chi connectivity index (χ2n) is 5.61. The summed E-state index contributed by atoms with van der Waals surface area (Å²) in [6.45, 7) is 0.515. The predicted octanol–water partition coefficient (Wildman–Crippen LogP) is 2.46. The van der Waals surface area contributed by atoms with Gasteiger partial charge in [-0.2, -0.15) is 0 Å². The number of hydrogen-bond donors (Lipinski definition) is 0. The molecular formula is C19H17NO5. The van der Waals surface area contributed by atoms with E-state index in [1.807, 2.05) is 0 Å². The first-order valence-electron chi connectivity index (χ1n) is 7.76. The van der Waals surface area contributed by atoms with Gasteiger partial charge in [0.15, 0.2) is 0 Å². The number of anilines is 1. The molecule has 1 aliphatic rings. The second kappa shape index (κ2) is 6.76. The van der Waals surface area contributed by atoms with Crippen molar-refractivity contribution in [2.24, 2.45) is 0 Å². The molecule has 6 heteroatoms. The van der Waals surface area contributed by atoms with Crippen molar-refractivity contribution >= 4 is 23.5 Å². The van der Waals surface area contributed by atoms with E-state index in [1.54, 1.807) is 41.3 Å². The van der Waals surface area contributed by atoms with Crippen molar-refractivity contribution in [3.05, 3.63) is 64.7 Å². The highest BCUT2D eigenvalue weighted by Crippen LogP contribution is 2.30. The average Bonchev–Trinajstić information content (AvgIpc) is 3.09. The molecule has 0 radical (unpaired) electrons. The number of ether oxygens (including phenoxy) is 2. The van der Waals surface area contributed by atoms with Gasteiger partial charge in [0.25, 0.3) is 5.91 Å². The van der Waals surface area contributed by atoms with Crippen LogP contribution in [0.2, 0.25) is 0 Å². The fraction of sp³-hybridized carbons (Fsp3) is 0.211. The Morgan fingerprint density at radius 3 is 2.20 bits per heavy atom. The first-order valence-corrected chi connectivity index (χ1v) is 7.76. The summed E-state index contributed by atoms with van der Waals surface area (Å²) in [7, 11) is 2.63. The summed E-state index contributed by atoms with van der Waals surface area (Å²) in [5.74, 6) is -1.09. The number of methoxy groups -OCH3 is 2. The van der Waals surface area contributed by atoms with Crippen LogP contribution in [-0.4, -0.2) is 38.6 Å². The van der Waals surface area contributed by atoms with Gasteiger partial charge in [0.05, 0.1) is 25.3 Å². The number of carbonyl (C=O) groups excluding carboxylic acids is 3. The lowest BCUT2D eigenvalue weighted by Crippen LogP contribution is -2.29. The lowest BCUT2D eigenvalue weighted by Gasteiger charge is -2.18. The van der Waals surface area contributed by atoms with Gasteiger partial charge >= 0.3 is 11.9 Å². The van der Waals surface area contributed by atoms with E-state index in [2.05, 4.69) is 0 Å². The van der Waals surface area contributed by atoms with E-state index in [4.69, 9.17) is 9.47 Å². The van der Waals surface area contributed by atoms with Gasteiger partial charge in [-0.15, -0.1) is 0 Å². The van der Waals surface area contributed by atoms with Gasteiger partial charge in [0.2, 0.25) is 0 Å². The lowest BCUT2D eigenvalue weighted by atomic mass is 10.1. The quantitative estimate of drug-likeness (QED) is 0.803. The summed E-state index contributed by atoms with van der Waals surface area (Å²) >= 11 is 0. The molecule has 2 aromatic carbocycles. The van der Waals surface area contributed by atoms with E-state index in [0.717, 1.165) is 11.3 Å². The summed E-state index contributed by atoms with van der Waals surface area (Å²) < 4.78 is 9.41. The van der Waals surface area contributed by atoms with E-state index >= 15 is 0 Å². The molecule has 0 fully saturated rings. The van der Waals surface area contributed by atoms with E-state index < -0.39 is 11.9 Å². The fourth-order valence-corrected chi connectivity index (χ4v) is 2.91. The highest BCUT2D eigenvalue weighted by Gasteiger charge is 2.27. The van der Waals surface area contributed by atoms with Crippen molar-refractivity contribution in [3.8, 4) is 0 Å². The van der Waals surface area contributed by atoms with Crippen LogP contribution in [0.1, 0.15) is 36.6 Å². The first kappa shape index (κ1) is 16.7. The van der Waals surface area contributed by atoms with Crippen LogP contribution in [0.15, 0.2) is 42.5 Å². The van der Waals surface area contributed by atoms with Crippen molar-refractivity contribution in [1.29, 1.82) is 0 Å². The summed E-state index contributed by atoms with van der Waals surface area (Å²) in [5.41, 5.74) is 2.88. The van der Waals surface area contributed by atoms with Crippen LogP contribution in [0.25, 0.3) is 0 Å². The molecule has 1 amide bonds. The number of benzene rings is 2. The third kappa shape index (κ3) is 3.10. The third-order valence-electron chi connectivity index (χ3n) is 4.17. The Kier molecular flexibility index (Phi) is 4.52. The number of rotatable bonds is 3. The monoisotopic (exact) mass is 339 g/mol. The molecule has 0 saturated heterocycles. The van der Waals surface area contributed by atoms with Gasteiger partial charge in [-0.05, 0) is 48.4 Å². The molecule has 128 valence electrons. The first-order chi connectivity index (χ1) is 12.0. The van der Waals surface area contributed by atoms with Gasteiger partial charge in [0.1, 0.15) is 0 Å². The van der Waals surface area contributed by atoms with Crippen LogP contribution in [-0.2, 0) is 15.9 Å². The molecule has 0 unspecified atom stereocenters. The summed E-state index contributed by atoms with van der Waals surface area (Å²) in [5, 5.41) is 0. The Bertz CT molecular complexity index is 859. The Morgan fingerprint density at radius 2 is 1.52 bits per heavy atom. The number of fused-ring (bicyclic) bond motifs is 1. The van der Waals surface area contributed by atoms with E-state index in [1.165, 1.54) is 20.3 Å². The molecule has 1 heterocycles. The zero-order valence-corrected chi connectivity index (χ0v) is 13.9. The maximum atomic E-state index is 12.8. The van der Waals surface area contributed by atoms with Crippen LogP contribution < -0.4 is 4.90 Å². The Balaban J connectivity index is 1.89. The molecule has 0 aromatic heterocycles. The Labute approximate surface area is 145 Å². The summed E-state index contributed by atoms with van der Waals surface area (Å²) in [6.07, 6.45) is 0.655. The highest BCUT2D eigenvalue weighted by atomic mass is 16.5. The predicted molar refractivity (Wildman–Crippen MR) is 90.9 cm³/mol. The topological polar surface area (TPSA) is 72.9 Å². The second-order valence-corrected chi connectivity index (χ2v) is 5.61. The summed E-state index contributed by atoms with van der Waals surface area (Å²) in [4.78, 5) is 37.8. The molecule has 3 rings (SSSR count). The average molecular weight is 339 g/mol. The summed E-state index contributed by atoms with van der Waals surface area (Å²) in [6, 6.07) is 11.6. The van der Waals surface area contributed by atoms with E-state index in [9.17, 15) is 14.4 Å². The molecule has 0 saturated carbocycles. The maximum absolute atomic E-state index is 12.8. The SMILES string of the molecule is COC(=O)c1cccc(C(=O)N2CCc3cc(C(=O)OC)ccc32)c1. The number of amides is 1. The van der Waals surface area contributed by atoms with Crippen molar-refractivity contribution in [2.75, 3.05) is 25.7 Å². The molecule has 2 aromatic rings. The number of hydrogen-bond acceptors (Lipinski definition) is 5. The molecule has 0 atom stereocenters. The highest BCUT2D eigenvalue weighted by molar-refractivity contribution is 6.08. The smallest absolute Gasteiger partial charge is 0.337 e. The number of nitrogens with zero attached hydrogens (tertiary/aromatic N) is 1. The maximum Gasteiger partial charge on any atom is 0.337 e. The lowest BCUT2D eigenvalue weighted by molar-refractivity contribution is 0.0591. The van der Waals surface area contributed by atoms with Gasteiger partial charge in [-0.25, -0.2) is 9.59 Å². The van der Waals surface area contributed by atoms with Crippen molar-refractivity contribution in [2.45, 2.75) is 6.42 Å². The molecule has 0 spiro atoms. The minimum Gasteiger partial charge on any atom is -0.465 e. The van der Waals surface area contributed by atoms with Crippen molar-refractivity contribution in [1.82, 2.24) is 0 Å². The largest absolute Gasteiger partial charge is 0.465 e. The zero-order chi connectivity index (χ0) is 18.0. The Morgan fingerprint density at radius 1 is 0.880 bits per heavy atom. The van der Waals surface area contributed by atoms with Crippen molar-refractivity contribution < 1.29 is 23.9 Å². The molecule has 0 aliphatic carbocycles. The van der Waals surface area contributed by atoms with Crippen LogP contribution in [0, 0.1) is 0 Å². The van der Waals surface area contributed by atoms with Crippen LogP contribution in [0.3, 0.4) is 0 Å². The normalized spacial score (nSPS) is 12.5.